The molecule has 15 heavy (non-hydrogen) atoms. The largest absolute Gasteiger partial charge is 0.386 e. The normalized spacial score (nSPS) is 58.8. The summed E-state index contributed by atoms with van der Waals surface area (Å²) >= 11 is 0. The molecule has 2 unspecified atom stereocenters. The predicted molar refractivity (Wildman–Crippen MR) is 57.5 cm³/mol. The van der Waals surface area contributed by atoms with Crippen molar-refractivity contribution in [1.29, 1.82) is 0 Å². The number of hydrogen-bond donors (Lipinski definition) is 2. The Morgan fingerprint density at radius 2 is 1.93 bits per heavy atom. The number of ether oxygens (including phenoxy) is 1. The Morgan fingerprint density at radius 1 is 1.33 bits per heavy atom. The summed E-state index contributed by atoms with van der Waals surface area (Å²) in [5.41, 5.74) is -2.48. The molecule has 0 aromatic heterocycles. The number of aliphatic hydroxyl groups is 2. The van der Waals surface area contributed by atoms with E-state index in [1.807, 2.05) is 20.8 Å². The zero-order valence-corrected chi connectivity index (χ0v) is 10.1. The van der Waals surface area contributed by atoms with Gasteiger partial charge in [-0.3, -0.25) is 0 Å². The van der Waals surface area contributed by atoms with Crippen LogP contribution in [-0.2, 0) is 4.74 Å². The van der Waals surface area contributed by atoms with E-state index in [9.17, 15) is 10.2 Å². The molecule has 88 valence electrons. The maximum atomic E-state index is 10.8. The second-order valence-electron chi connectivity index (χ2n) is 5.33. The van der Waals surface area contributed by atoms with E-state index in [-0.39, 0.29) is 11.8 Å². The summed E-state index contributed by atoms with van der Waals surface area (Å²) in [4.78, 5) is 0. The van der Waals surface area contributed by atoms with Gasteiger partial charge in [0.25, 0.3) is 0 Å². The summed E-state index contributed by atoms with van der Waals surface area (Å²) in [6.45, 7) is 8.28. The highest BCUT2D eigenvalue weighted by Gasteiger charge is 2.77. The van der Waals surface area contributed by atoms with Gasteiger partial charge in [-0.1, -0.05) is 27.2 Å². The standard InChI is InChI=1S/C12H22O3/c1-5-9-8(3)12(14)7-15-10(12,4)11(9,13)6-2/h8-9,13-14H,5-7H2,1-4H3/t8?,9?,10-,11+,12-/m1/s1. The molecule has 2 rings (SSSR count). The first-order valence-corrected chi connectivity index (χ1v) is 5.96. The summed E-state index contributed by atoms with van der Waals surface area (Å²) in [5.74, 6) is 0.228. The van der Waals surface area contributed by atoms with Crippen molar-refractivity contribution in [3.63, 3.8) is 0 Å². The molecule has 1 saturated carbocycles. The van der Waals surface area contributed by atoms with Crippen LogP contribution in [0, 0.1) is 11.8 Å². The minimum Gasteiger partial charge on any atom is -0.386 e. The molecule has 0 radical (unpaired) electrons. The molecule has 1 aliphatic carbocycles. The molecule has 3 nitrogen and oxygen atoms in total. The maximum Gasteiger partial charge on any atom is 0.125 e. The fourth-order valence-corrected chi connectivity index (χ4v) is 3.89. The molecule has 0 aromatic carbocycles. The molecule has 1 saturated heterocycles. The number of fused-ring (bicyclic) bond motifs is 1. The third-order valence-corrected chi connectivity index (χ3v) is 5.18. The quantitative estimate of drug-likeness (QED) is 0.729. The summed E-state index contributed by atoms with van der Waals surface area (Å²) in [6.07, 6.45) is 1.52. The van der Waals surface area contributed by atoms with Crippen molar-refractivity contribution in [3.8, 4) is 0 Å². The van der Waals surface area contributed by atoms with Crippen LogP contribution in [0.15, 0.2) is 0 Å². The minimum absolute atomic E-state index is 0.103. The molecule has 2 fully saturated rings. The van der Waals surface area contributed by atoms with Crippen LogP contribution in [0.3, 0.4) is 0 Å². The van der Waals surface area contributed by atoms with Crippen LogP contribution in [-0.4, -0.2) is 33.6 Å². The molecule has 0 amide bonds. The monoisotopic (exact) mass is 214 g/mol. The van der Waals surface area contributed by atoms with Crippen LogP contribution in [0.4, 0.5) is 0 Å². The minimum atomic E-state index is -0.881. The van der Waals surface area contributed by atoms with E-state index in [0.29, 0.717) is 13.0 Å². The highest BCUT2D eigenvalue weighted by atomic mass is 16.6. The average molecular weight is 214 g/mol. The van der Waals surface area contributed by atoms with E-state index in [4.69, 9.17) is 4.74 Å². The molecule has 0 aromatic rings. The fourth-order valence-electron chi connectivity index (χ4n) is 3.89. The van der Waals surface area contributed by atoms with Crippen molar-refractivity contribution in [2.24, 2.45) is 11.8 Å². The van der Waals surface area contributed by atoms with Crippen LogP contribution in [0.25, 0.3) is 0 Å². The third-order valence-electron chi connectivity index (χ3n) is 5.18. The summed E-state index contributed by atoms with van der Waals surface area (Å²) in [7, 11) is 0. The molecule has 2 N–H and O–H groups in total. The molecule has 1 aliphatic heterocycles. The van der Waals surface area contributed by atoms with Crippen LogP contribution in [0.2, 0.25) is 0 Å². The third kappa shape index (κ3) is 0.931. The molecule has 2 aliphatic rings. The van der Waals surface area contributed by atoms with Gasteiger partial charge < -0.3 is 14.9 Å². The van der Waals surface area contributed by atoms with Crippen LogP contribution in [0.5, 0.6) is 0 Å². The van der Waals surface area contributed by atoms with Gasteiger partial charge in [0, 0.05) is 0 Å². The van der Waals surface area contributed by atoms with Gasteiger partial charge in [-0.05, 0) is 25.2 Å². The SMILES string of the molecule is CCC1C(C)[C@]2(O)CO[C@]2(C)[C@]1(O)CC. The van der Waals surface area contributed by atoms with Crippen molar-refractivity contribution in [2.45, 2.75) is 57.3 Å². The predicted octanol–water partition coefficient (Wildman–Crippen LogP) is 1.32. The Bertz CT molecular complexity index is 280. The van der Waals surface area contributed by atoms with E-state index in [2.05, 4.69) is 6.92 Å². The lowest BCUT2D eigenvalue weighted by Gasteiger charge is -2.55. The summed E-state index contributed by atoms with van der Waals surface area (Å²) < 4.78 is 5.55. The Balaban J connectivity index is 2.47. The smallest absolute Gasteiger partial charge is 0.125 e. The lowest BCUT2D eigenvalue weighted by Crippen LogP contribution is -2.73. The van der Waals surface area contributed by atoms with Gasteiger partial charge in [0.05, 0.1) is 12.2 Å². The molecular formula is C12H22O3. The first-order valence-electron chi connectivity index (χ1n) is 5.96. The van der Waals surface area contributed by atoms with Crippen molar-refractivity contribution in [1.82, 2.24) is 0 Å². The van der Waals surface area contributed by atoms with Gasteiger partial charge in [0.1, 0.15) is 11.2 Å². The number of hydrogen-bond acceptors (Lipinski definition) is 3. The van der Waals surface area contributed by atoms with Crippen molar-refractivity contribution >= 4 is 0 Å². The second kappa shape index (κ2) is 2.96. The van der Waals surface area contributed by atoms with E-state index in [1.165, 1.54) is 0 Å². The lowest BCUT2D eigenvalue weighted by molar-refractivity contribution is -0.334. The highest BCUT2D eigenvalue weighted by Crippen LogP contribution is 2.62. The van der Waals surface area contributed by atoms with Crippen molar-refractivity contribution in [3.05, 3.63) is 0 Å². The van der Waals surface area contributed by atoms with E-state index in [0.717, 1.165) is 6.42 Å². The Morgan fingerprint density at radius 3 is 2.27 bits per heavy atom. The summed E-state index contributed by atoms with van der Waals surface area (Å²) in [6, 6.07) is 0. The van der Waals surface area contributed by atoms with Gasteiger partial charge in [-0.15, -0.1) is 0 Å². The van der Waals surface area contributed by atoms with Crippen LogP contribution >= 0.6 is 0 Å². The zero-order chi connectivity index (χ0) is 11.5. The van der Waals surface area contributed by atoms with E-state index < -0.39 is 16.8 Å². The molecule has 0 spiro atoms. The van der Waals surface area contributed by atoms with Crippen molar-refractivity contribution < 1.29 is 14.9 Å². The molecule has 5 atom stereocenters. The first-order chi connectivity index (χ1) is 6.87. The van der Waals surface area contributed by atoms with Gasteiger partial charge in [-0.25, -0.2) is 0 Å². The van der Waals surface area contributed by atoms with Crippen LogP contribution in [0.1, 0.15) is 40.5 Å². The van der Waals surface area contributed by atoms with Gasteiger partial charge in [0.2, 0.25) is 0 Å². The van der Waals surface area contributed by atoms with Gasteiger partial charge in [-0.2, -0.15) is 0 Å². The topological polar surface area (TPSA) is 49.7 Å². The van der Waals surface area contributed by atoms with Gasteiger partial charge in [0.15, 0.2) is 0 Å². The van der Waals surface area contributed by atoms with E-state index >= 15 is 0 Å². The van der Waals surface area contributed by atoms with Gasteiger partial charge >= 0.3 is 0 Å². The lowest BCUT2D eigenvalue weighted by atomic mass is 9.72. The summed E-state index contributed by atoms with van der Waals surface area (Å²) in [5, 5.41) is 21.3. The fraction of sp³-hybridized carbons (Fsp3) is 1.00. The number of rotatable bonds is 2. The van der Waals surface area contributed by atoms with E-state index in [1.54, 1.807) is 0 Å². The van der Waals surface area contributed by atoms with Crippen LogP contribution < -0.4 is 0 Å². The highest BCUT2D eigenvalue weighted by molar-refractivity contribution is 5.26. The average Bonchev–Trinajstić information content (AvgIpc) is 2.31. The zero-order valence-electron chi connectivity index (χ0n) is 10.1. The molecule has 1 heterocycles. The molecular weight excluding hydrogens is 192 g/mol. The Kier molecular flexibility index (Phi) is 2.25. The maximum absolute atomic E-state index is 10.8. The first kappa shape index (κ1) is 11.4. The van der Waals surface area contributed by atoms with Crippen molar-refractivity contribution in [2.75, 3.05) is 6.61 Å². The second-order valence-corrected chi connectivity index (χ2v) is 5.33. The Hall–Kier alpha value is -0.120. The Labute approximate surface area is 91.4 Å². The molecule has 3 heteroatoms. The molecule has 0 bridgehead atoms.